The molecule has 0 amide bonds. The highest BCUT2D eigenvalue weighted by Gasteiger charge is 2.08. The van der Waals surface area contributed by atoms with Gasteiger partial charge in [-0.1, -0.05) is 113 Å². The fourth-order valence-corrected chi connectivity index (χ4v) is 5.68. The van der Waals surface area contributed by atoms with Crippen molar-refractivity contribution in [1.82, 2.24) is 0 Å². The second-order valence-electron chi connectivity index (χ2n) is 10.4. The number of aryl methyl sites for hydroxylation is 5. The van der Waals surface area contributed by atoms with Gasteiger partial charge in [0.25, 0.3) is 0 Å². The van der Waals surface area contributed by atoms with E-state index in [0.717, 1.165) is 51.4 Å². The first-order valence-electron chi connectivity index (χ1n) is 14.5. The molecular formula is C37H44. The lowest BCUT2D eigenvalue weighted by Gasteiger charge is -2.13. The minimum atomic E-state index is 1.00. The highest BCUT2D eigenvalue weighted by Crippen LogP contribution is 2.22. The second kappa shape index (κ2) is 12.9. The molecule has 4 aromatic carbocycles. The first-order chi connectivity index (χ1) is 18.1. The van der Waals surface area contributed by atoms with Gasteiger partial charge >= 0.3 is 0 Å². The number of hydrogen-bond donors (Lipinski definition) is 0. The monoisotopic (exact) mass is 488 g/mol. The molecule has 0 bridgehead atoms. The molecule has 0 saturated heterocycles. The van der Waals surface area contributed by atoms with Gasteiger partial charge in [-0.3, -0.25) is 0 Å². The summed E-state index contributed by atoms with van der Waals surface area (Å²) in [5.41, 5.74) is 15.9. The summed E-state index contributed by atoms with van der Waals surface area (Å²) in [7, 11) is 0. The highest BCUT2D eigenvalue weighted by molar-refractivity contribution is 5.41. The van der Waals surface area contributed by atoms with Crippen LogP contribution in [0.25, 0.3) is 0 Å². The zero-order valence-corrected chi connectivity index (χ0v) is 23.7. The van der Waals surface area contributed by atoms with E-state index in [4.69, 9.17) is 0 Å². The van der Waals surface area contributed by atoms with Crippen LogP contribution < -0.4 is 0 Å². The van der Waals surface area contributed by atoms with Gasteiger partial charge in [-0.2, -0.15) is 0 Å². The van der Waals surface area contributed by atoms with E-state index in [0.29, 0.717) is 0 Å². The first kappa shape index (κ1) is 26.9. The fourth-order valence-electron chi connectivity index (χ4n) is 5.68. The molecule has 0 heterocycles. The van der Waals surface area contributed by atoms with Gasteiger partial charge in [-0.05, 0) is 113 Å². The second-order valence-corrected chi connectivity index (χ2v) is 10.4. The quantitative estimate of drug-likeness (QED) is 0.197. The Labute approximate surface area is 225 Å². The lowest BCUT2D eigenvalue weighted by molar-refractivity contribution is 1.01. The smallest absolute Gasteiger partial charge is 0.00230 e. The predicted molar refractivity (Wildman–Crippen MR) is 161 cm³/mol. The van der Waals surface area contributed by atoms with Gasteiger partial charge in [0.2, 0.25) is 0 Å². The lowest BCUT2D eigenvalue weighted by Crippen LogP contribution is -1.99. The molecule has 0 saturated carbocycles. The Kier molecular flexibility index (Phi) is 9.40. The molecule has 0 aliphatic rings. The molecule has 4 rings (SSSR count). The van der Waals surface area contributed by atoms with Crippen LogP contribution in [0.15, 0.2) is 78.9 Å². The third kappa shape index (κ3) is 6.80. The summed E-state index contributed by atoms with van der Waals surface area (Å²) < 4.78 is 0. The minimum absolute atomic E-state index is 1.00. The molecule has 0 radical (unpaired) electrons. The van der Waals surface area contributed by atoms with E-state index in [1.807, 2.05) is 0 Å². The van der Waals surface area contributed by atoms with Crippen LogP contribution >= 0.6 is 0 Å². The highest BCUT2D eigenvalue weighted by atomic mass is 14.1. The summed E-state index contributed by atoms with van der Waals surface area (Å²) in [6, 6.07) is 30.5. The van der Waals surface area contributed by atoms with Crippen molar-refractivity contribution in [3.05, 3.63) is 140 Å². The van der Waals surface area contributed by atoms with E-state index in [-0.39, 0.29) is 0 Å². The summed E-state index contributed by atoms with van der Waals surface area (Å²) in [6.07, 6.45) is 8.54. The van der Waals surface area contributed by atoms with Crippen LogP contribution in [0.5, 0.6) is 0 Å². The van der Waals surface area contributed by atoms with E-state index >= 15 is 0 Å². The number of hydrogen-bond acceptors (Lipinski definition) is 0. The molecular weight excluding hydrogens is 444 g/mol. The van der Waals surface area contributed by atoms with Gasteiger partial charge in [-0.25, -0.2) is 0 Å². The fraction of sp³-hybridized carbons (Fsp3) is 0.351. The van der Waals surface area contributed by atoms with Crippen LogP contribution in [0.2, 0.25) is 0 Å². The molecule has 4 aromatic rings. The van der Waals surface area contributed by atoms with E-state index in [2.05, 4.69) is 113 Å². The average molecular weight is 489 g/mol. The van der Waals surface area contributed by atoms with Crippen LogP contribution in [0.4, 0.5) is 0 Å². The molecule has 0 N–H and O–H groups in total. The maximum atomic E-state index is 2.44. The Hall–Kier alpha value is -3.12. The largest absolute Gasteiger partial charge is 0.0613 e. The first-order valence-corrected chi connectivity index (χ1v) is 14.5. The zero-order valence-electron chi connectivity index (χ0n) is 23.7. The van der Waals surface area contributed by atoms with Crippen molar-refractivity contribution in [2.45, 2.75) is 86.0 Å². The summed E-state index contributed by atoms with van der Waals surface area (Å²) in [5.74, 6) is 0. The lowest BCUT2D eigenvalue weighted by atomic mass is 9.92. The predicted octanol–water partition coefficient (Wildman–Crippen LogP) is 9.27. The molecule has 0 spiro atoms. The summed E-state index contributed by atoms with van der Waals surface area (Å²) in [4.78, 5) is 0. The average Bonchev–Trinajstić information content (AvgIpc) is 2.94. The Bertz CT molecular complexity index is 1310. The van der Waals surface area contributed by atoms with Crippen molar-refractivity contribution < 1.29 is 0 Å². The van der Waals surface area contributed by atoms with Crippen molar-refractivity contribution in [2.24, 2.45) is 0 Å². The van der Waals surface area contributed by atoms with E-state index in [1.54, 1.807) is 0 Å². The van der Waals surface area contributed by atoms with Crippen LogP contribution in [-0.4, -0.2) is 0 Å². The molecule has 0 nitrogen and oxygen atoms in total. The van der Waals surface area contributed by atoms with Gasteiger partial charge < -0.3 is 0 Å². The third-order valence-electron chi connectivity index (χ3n) is 7.95. The van der Waals surface area contributed by atoms with Crippen molar-refractivity contribution in [1.29, 1.82) is 0 Å². The molecule has 192 valence electrons. The Balaban J connectivity index is 1.44. The van der Waals surface area contributed by atoms with E-state index < -0.39 is 0 Å². The Morgan fingerprint density at radius 3 is 1.00 bits per heavy atom. The van der Waals surface area contributed by atoms with Gasteiger partial charge in [0.1, 0.15) is 0 Å². The Morgan fingerprint density at radius 1 is 0.297 bits per heavy atom. The molecule has 37 heavy (non-hydrogen) atoms. The topological polar surface area (TPSA) is 0 Å². The standard InChI is InChI=1S/C37H44/c1-6-32-18-15-29(24-34(32)8-3)21-27-11-13-28(14-12-27)23-37-20-17-31(26-36(37)10-5)22-30-16-19-33(7-2)35(9-4)25-30/h11-20,24-26H,6-10,21-23H2,1-5H3. The molecule has 0 aliphatic heterocycles. The van der Waals surface area contributed by atoms with Crippen molar-refractivity contribution in [3.63, 3.8) is 0 Å². The van der Waals surface area contributed by atoms with Gasteiger partial charge in [-0.15, -0.1) is 0 Å². The van der Waals surface area contributed by atoms with Crippen LogP contribution in [-0.2, 0) is 51.4 Å². The maximum absolute atomic E-state index is 2.44. The van der Waals surface area contributed by atoms with Crippen LogP contribution in [0.1, 0.15) is 95.8 Å². The molecule has 0 heteroatoms. The minimum Gasteiger partial charge on any atom is -0.0613 e. The van der Waals surface area contributed by atoms with Crippen molar-refractivity contribution >= 4 is 0 Å². The zero-order chi connectivity index (χ0) is 26.2. The van der Waals surface area contributed by atoms with Gasteiger partial charge in [0.05, 0.1) is 0 Å². The van der Waals surface area contributed by atoms with Gasteiger partial charge in [0.15, 0.2) is 0 Å². The van der Waals surface area contributed by atoms with Gasteiger partial charge in [0, 0.05) is 0 Å². The molecule has 0 aromatic heterocycles. The summed E-state index contributed by atoms with van der Waals surface area (Å²) >= 11 is 0. The maximum Gasteiger partial charge on any atom is -0.00230 e. The van der Waals surface area contributed by atoms with E-state index in [1.165, 1.54) is 61.2 Å². The molecule has 0 fully saturated rings. The molecule has 0 atom stereocenters. The number of rotatable bonds is 11. The van der Waals surface area contributed by atoms with Crippen molar-refractivity contribution in [2.75, 3.05) is 0 Å². The molecule has 0 unspecified atom stereocenters. The normalized spacial score (nSPS) is 11.2. The van der Waals surface area contributed by atoms with Crippen LogP contribution in [0, 0.1) is 0 Å². The SMILES string of the molecule is CCc1ccc(Cc2ccc(Cc3ccc(Cc4ccc(CC)c(CC)c4)cc3CC)cc2)cc1CC. The van der Waals surface area contributed by atoms with E-state index in [9.17, 15) is 0 Å². The molecule has 0 aliphatic carbocycles. The Morgan fingerprint density at radius 2 is 0.595 bits per heavy atom. The third-order valence-corrected chi connectivity index (χ3v) is 7.95. The van der Waals surface area contributed by atoms with Crippen molar-refractivity contribution in [3.8, 4) is 0 Å². The summed E-state index contributed by atoms with van der Waals surface area (Å²) in [6.45, 7) is 11.3. The summed E-state index contributed by atoms with van der Waals surface area (Å²) in [5, 5.41) is 0. The van der Waals surface area contributed by atoms with Crippen LogP contribution in [0.3, 0.4) is 0 Å². The number of benzene rings is 4.